The van der Waals surface area contributed by atoms with Gasteiger partial charge >= 0.3 is 0 Å². The lowest BCUT2D eigenvalue weighted by Crippen LogP contribution is -2.43. The highest BCUT2D eigenvalue weighted by Crippen LogP contribution is 2.44. The van der Waals surface area contributed by atoms with Crippen LogP contribution in [0.3, 0.4) is 0 Å². The molecule has 0 bridgehead atoms. The van der Waals surface area contributed by atoms with E-state index >= 15 is 0 Å². The minimum Gasteiger partial charge on any atom is -0.382 e. The van der Waals surface area contributed by atoms with Gasteiger partial charge in [0.05, 0.1) is 0 Å². The molecule has 2 N–H and O–H groups in total. The molecule has 98 valence electrons. The van der Waals surface area contributed by atoms with E-state index in [1.807, 2.05) is 6.07 Å². The minimum atomic E-state index is 0.131. The Bertz CT molecular complexity index is 564. The summed E-state index contributed by atoms with van der Waals surface area (Å²) in [6.07, 6.45) is 8.69. The predicted octanol–water partition coefficient (Wildman–Crippen LogP) is 2.95. The fraction of sp³-hybridized carbons (Fsp3) is 0.438. The lowest BCUT2D eigenvalue weighted by molar-refractivity contribution is -0.116. The zero-order chi connectivity index (χ0) is 12.8. The molecule has 1 amide bonds. The van der Waals surface area contributed by atoms with Crippen LogP contribution >= 0.6 is 0 Å². The average molecular weight is 254 g/mol. The van der Waals surface area contributed by atoms with Crippen molar-refractivity contribution in [3.05, 3.63) is 35.9 Å². The van der Waals surface area contributed by atoms with E-state index in [0.29, 0.717) is 12.5 Å². The number of allylic oxidation sites excluding steroid dienone is 1. The molecule has 1 saturated carbocycles. The molecule has 0 aromatic heterocycles. The number of rotatable bonds is 2. The zero-order valence-electron chi connectivity index (χ0n) is 10.9. The molecule has 3 aliphatic rings. The molecular formula is C16H18N2O. The fourth-order valence-corrected chi connectivity index (χ4v) is 3.57. The van der Waals surface area contributed by atoms with E-state index in [-0.39, 0.29) is 5.91 Å². The van der Waals surface area contributed by atoms with Gasteiger partial charge in [0.15, 0.2) is 0 Å². The lowest BCUT2D eigenvalue weighted by Gasteiger charge is -2.41. The number of nitrogens with one attached hydrogen (secondary N) is 2. The Morgan fingerprint density at radius 1 is 1.26 bits per heavy atom. The number of aryl methyl sites for hydroxylation is 1. The molecule has 0 saturated heterocycles. The van der Waals surface area contributed by atoms with Crippen molar-refractivity contribution in [1.82, 2.24) is 0 Å². The number of amides is 1. The van der Waals surface area contributed by atoms with Gasteiger partial charge in [0.25, 0.3) is 0 Å². The van der Waals surface area contributed by atoms with Gasteiger partial charge in [0.1, 0.15) is 0 Å². The molecule has 1 aromatic rings. The Labute approximate surface area is 113 Å². The van der Waals surface area contributed by atoms with E-state index in [4.69, 9.17) is 0 Å². The molecule has 3 nitrogen and oxygen atoms in total. The number of hydrogen-bond acceptors (Lipinski definition) is 2. The van der Waals surface area contributed by atoms with E-state index in [2.05, 4.69) is 34.9 Å². The van der Waals surface area contributed by atoms with Crippen LogP contribution in [-0.2, 0) is 11.2 Å². The van der Waals surface area contributed by atoms with Crippen molar-refractivity contribution in [3.8, 4) is 0 Å². The second-order valence-electron chi connectivity index (χ2n) is 5.91. The Balaban J connectivity index is 1.50. The molecule has 3 unspecified atom stereocenters. The van der Waals surface area contributed by atoms with Gasteiger partial charge in [-0.25, -0.2) is 0 Å². The van der Waals surface area contributed by atoms with Crippen molar-refractivity contribution in [2.75, 3.05) is 10.6 Å². The summed E-state index contributed by atoms with van der Waals surface area (Å²) < 4.78 is 0. The lowest BCUT2D eigenvalue weighted by atomic mass is 9.71. The Morgan fingerprint density at radius 2 is 2.21 bits per heavy atom. The number of hydrogen-bond donors (Lipinski definition) is 2. The van der Waals surface area contributed by atoms with Crippen molar-refractivity contribution >= 4 is 17.3 Å². The number of carbonyl (C=O) groups excluding carboxylic acids is 1. The van der Waals surface area contributed by atoms with Crippen LogP contribution in [0.2, 0.25) is 0 Å². The van der Waals surface area contributed by atoms with Gasteiger partial charge in [-0.15, -0.1) is 0 Å². The SMILES string of the molecule is O=C1CCc2cc(NC3CC4CC=CC43)ccc2N1. The first kappa shape index (κ1) is 11.1. The molecule has 1 aromatic carbocycles. The summed E-state index contributed by atoms with van der Waals surface area (Å²) in [5.74, 6) is 1.75. The van der Waals surface area contributed by atoms with Gasteiger partial charge < -0.3 is 10.6 Å². The third-order valence-electron chi connectivity index (χ3n) is 4.72. The van der Waals surface area contributed by atoms with E-state index < -0.39 is 0 Å². The topological polar surface area (TPSA) is 41.1 Å². The second-order valence-corrected chi connectivity index (χ2v) is 5.91. The van der Waals surface area contributed by atoms with E-state index in [0.717, 1.165) is 23.9 Å². The maximum atomic E-state index is 11.3. The van der Waals surface area contributed by atoms with Crippen molar-refractivity contribution in [2.24, 2.45) is 11.8 Å². The number of anilines is 2. The van der Waals surface area contributed by atoms with Crippen LogP contribution in [0.1, 0.15) is 24.8 Å². The van der Waals surface area contributed by atoms with Crippen LogP contribution < -0.4 is 10.6 Å². The van der Waals surface area contributed by atoms with Crippen LogP contribution in [0.25, 0.3) is 0 Å². The van der Waals surface area contributed by atoms with Gasteiger partial charge in [0.2, 0.25) is 5.91 Å². The maximum absolute atomic E-state index is 11.3. The maximum Gasteiger partial charge on any atom is 0.224 e. The van der Waals surface area contributed by atoms with Crippen molar-refractivity contribution in [1.29, 1.82) is 0 Å². The van der Waals surface area contributed by atoms with Crippen LogP contribution in [0.15, 0.2) is 30.4 Å². The van der Waals surface area contributed by atoms with E-state index in [1.165, 1.54) is 24.1 Å². The molecule has 1 aliphatic heterocycles. The Kier molecular flexibility index (Phi) is 2.40. The molecule has 2 aliphatic carbocycles. The van der Waals surface area contributed by atoms with Gasteiger partial charge in [-0.1, -0.05) is 12.2 Å². The second kappa shape index (κ2) is 4.12. The highest BCUT2D eigenvalue weighted by Gasteiger charge is 2.40. The summed E-state index contributed by atoms with van der Waals surface area (Å²) >= 11 is 0. The molecule has 3 atom stereocenters. The Morgan fingerprint density at radius 3 is 3.11 bits per heavy atom. The highest BCUT2D eigenvalue weighted by atomic mass is 16.1. The summed E-state index contributed by atoms with van der Waals surface area (Å²) in [6.45, 7) is 0. The first-order valence-corrected chi connectivity index (χ1v) is 7.15. The normalized spacial score (nSPS) is 31.2. The largest absolute Gasteiger partial charge is 0.382 e. The summed E-state index contributed by atoms with van der Waals surface area (Å²) in [7, 11) is 0. The van der Waals surface area contributed by atoms with Gasteiger partial charge in [-0.3, -0.25) is 4.79 Å². The molecule has 0 spiro atoms. The molecule has 4 rings (SSSR count). The number of carbonyl (C=O) groups is 1. The molecule has 19 heavy (non-hydrogen) atoms. The van der Waals surface area contributed by atoms with Crippen molar-refractivity contribution < 1.29 is 4.79 Å². The fourth-order valence-electron chi connectivity index (χ4n) is 3.57. The van der Waals surface area contributed by atoms with Crippen LogP contribution in [0.4, 0.5) is 11.4 Å². The molecule has 1 fully saturated rings. The van der Waals surface area contributed by atoms with Gasteiger partial charge in [-0.05, 0) is 48.9 Å². The number of benzene rings is 1. The molecule has 3 heteroatoms. The average Bonchev–Trinajstić information content (AvgIpc) is 2.77. The van der Waals surface area contributed by atoms with Gasteiger partial charge in [0, 0.05) is 29.8 Å². The third kappa shape index (κ3) is 1.84. The smallest absolute Gasteiger partial charge is 0.224 e. The quantitative estimate of drug-likeness (QED) is 0.797. The van der Waals surface area contributed by atoms with Crippen LogP contribution in [-0.4, -0.2) is 11.9 Å². The predicted molar refractivity (Wildman–Crippen MR) is 76.2 cm³/mol. The summed E-state index contributed by atoms with van der Waals surface area (Å²) in [6, 6.07) is 6.90. The van der Waals surface area contributed by atoms with E-state index in [1.54, 1.807) is 0 Å². The minimum absolute atomic E-state index is 0.131. The standard InChI is InChI=1S/C16H18N2O/c19-16-7-4-11-8-12(5-6-14(11)18-16)17-15-9-10-2-1-3-13(10)15/h1,3,5-6,8,10,13,15,17H,2,4,7,9H2,(H,18,19). The van der Waals surface area contributed by atoms with Gasteiger partial charge in [-0.2, -0.15) is 0 Å². The van der Waals surface area contributed by atoms with E-state index in [9.17, 15) is 4.79 Å². The summed E-state index contributed by atoms with van der Waals surface area (Å²) in [5.41, 5.74) is 3.43. The van der Waals surface area contributed by atoms with Crippen molar-refractivity contribution in [2.45, 2.75) is 31.7 Å². The Hall–Kier alpha value is -1.77. The number of fused-ring (bicyclic) bond motifs is 2. The first-order chi connectivity index (χ1) is 9.29. The summed E-state index contributed by atoms with van der Waals surface area (Å²) in [5, 5.41) is 6.57. The highest BCUT2D eigenvalue weighted by molar-refractivity contribution is 5.94. The first-order valence-electron chi connectivity index (χ1n) is 7.15. The van der Waals surface area contributed by atoms with Crippen LogP contribution in [0, 0.1) is 11.8 Å². The third-order valence-corrected chi connectivity index (χ3v) is 4.72. The zero-order valence-corrected chi connectivity index (χ0v) is 10.9. The van der Waals surface area contributed by atoms with Crippen molar-refractivity contribution in [3.63, 3.8) is 0 Å². The summed E-state index contributed by atoms with van der Waals surface area (Å²) in [4.78, 5) is 11.3. The molecule has 1 heterocycles. The monoisotopic (exact) mass is 254 g/mol. The van der Waals surface area contributed by atoms with Crippen LogP contribution in [0.5, 0.6) is 0 Å². The molecular weight excluding hydrogens is 236 g/mol. The molecule has 0 radical (unpaired) electrons.